The van der Waals surface area contributed by atoms with Crippen LogP contribution in [0, 0.1) is 0 Å². The average Bonchev–Trinajstić information content (AvgIpc) is 3.00. The van der Waals surface area contributed by atoms with Gasteiger partial charge in [-0.1, -0.05) is 45.4 Å². The Morgan fingerprint density at radius 3 is 2.16 bits per heavy atom. The zero-order valence-corrected chi connectivity index (χ0v) is 21.2. The Morgan fingerprint density at radius 2 is 1.55 bits per heavy atom. The Balaban J connectivity index is 0.00000341. The van der Waals surface area contributed by atoms with Crippen molar-refractivity contribution in [1.29, 1.82) is 0 Å². The van der Waals surface area contributed by atoms with Crippen LogP contribution in [0.5, 0.6) is 11.5 Å². The molecule has 0 amide bonds. The van der Waals surface area contributed by atoms with Crippen molar-refractivity contribution in [3.05, 3.63) is 23.8 Å². The van der Waals surface area contributed by atoms with Crippen molar-refractivity contribution in [3.63, 3.8) is 0 Å². The van der Waals surface area contributed by atoms with Gasteiger partial charge in [0, 0.05) is 24.9 Å². The summed E-state index contributed by atoms with van der Waals surface area (Å²) in [5.74, 6) is 0.906. The number of unbranched alkanes of at least 4 members (excludes halogenated alkanes) is 6. The summed E-state index contributed by atoms with van der Waals surface area (Å²) in [7, 11) is 3.16. The highest BCUT2D eigenvalue weighted by atomic mass is 79.9. The molecule has 5 nitrogen and oxygen atoms in total. The van der Waals surface area contributed by atoms with Crippen LogP contribution in [0.3, 0.4) is 0 Å². The lowest BCUT2D eigenvalue weighted by Crippen LogP contribution is -2.46. The van der Waals surface area contributed by atoms with Crippen LogP contribution in [0.25, 0.3) is 0 Å². The number of halogens is 1. The van der Waals surface area contributed by atoms with E-state index in [1.165, 1.54) is 64.3 Å². The van der Waals surface area contributed by atoms with Gasteiger partial charge >= 0.3 is 5.97 Å². The van der Waals surface area contributed by atoms with Crippen molar-refractivity contribution in [3.8, 4) is 11.5 Å². The number of hydrogen-bond acceptors (Lipinski definition) is 5. The van der Waals surface area contributed by atoms with Crippen molar-refractivity contribution in [1.82, 2.24) is 4.90 Å². The lowest BCUT2D eigenvalue weighted by molar-refractivity contribution is -0.00636. The summed E-state index contributed by atoms with van der Waals surface area (Å²) < 4.78 is 16.5. The van der Waals surface area contributed by atoms with Crippen LogP contribution in [-0.4, -0.2) is 49.8 Å². The SMILES string of the molecule is Br.CCCCCCCCCN1[C@@H]2CC[C@H]1CC(OC(=O)c1ccc(OC)c(OC)c1)C2. The van der Waals surface area contributed by atoms with E-state index in [-0.39, 0.29) is 29.1 Å². The molecule has 1 aromatic rings. The highest BCUT2D eigenvalue weighted by molar-refractivity contribution is 8.93. The Hall–Kier alpha value is -1.27. The Kier molecular flexibility index (Phi) is 11.2. The first-order valence-electron chi connectivity index (χ1n) is 11.8. The molecular formula is C25H40BrNO4. The third-order valence-corrected chi connectivity index (χ3v) is 6.75. The summed E-state index contributed by atoms with van der Waals surface area (Å²) in [6.45, 7) is 3.48. The van der Waals surface area contributed by atoms with E-state index >= 15 is 0 Å². The van der Waals surface area contributed by atoms with Crippen molar-refractivity contribution >= 4 is 23.0 Å². The third-order valence-electron chi connectivity index (χ3n) is 6.75. The second-order valence-electron chi connectivity index (χ2n) is 8.81. The molecule has 1 unspecified atom stereocenters. The molecule has 0 saturated carbocycles. The van der Waals surface area contributed by atoms with Gasteiger partial charge in [0.1, 0.15) is 6.10 Å². The number of esters is 1. The number of carbonyl (C=O) groups excluding carboxylic acids is 1. The number of piperidine rings is 1. The predicted molar refractivity (Wildman–Crippen MR) is 130 cm³/mol. The molecule has 2 bridgehead atoms. The van der Waals surface area contributed by atoms with E-state index in [0.29, 0.717) is 29.1 Å². The molecule has 0 spiro atoms. The van der Waals surface area contributed by atoms with Gasteiger partial charge in [-0.05, 0) is 44.0 Å². The maximum absolute atomic E-state index is 12.7. The molecule has 2 saturated heterocycles. The number of carbonyl (C=O) groups is 1. The van der Waals surface area contributed by atoms with Crippen LogP contribution in [-0.2, 0) is 4.74 Å². The lowest BCUT2D eigenvalue weighted by Gasteiger charge is -2.38. The summed E-state index contributed by atoms with van der Waals surface area (Å²) in [4.78, 5) is 15.4. The molecule has 0 aliphatic carbocycles. The number of benzene rings is 1. The topological polar surface area (TPSA) is 48.0 Å². The second-order valence-corrected chi connectivity index (χ2v) is 8.81. The monoisotopic (exact) mass is 497 g/mol. The third kappa shape index (κ3) is 7.11. The molecule has 1 aromatic carbocycles. The first-order valence-corrected chi connectivity index (χ1v) is 11.8. The smallest absolute Gasteiger partial charge is 0.338 e. The number of nitrogens with zero attached hydrogens (tertiary/aromatic N) is 1. The fourth-order valence-corrected chi connectivity index (χ4v) is 5.12. The van der Waals surface area contributed by atoms with Crippen LogP contribution in [0.2, 0.25) is 0 Å². The number of methoxy groups -OCH3 is 2. The van der Waals surface area contributed by atoms with Gasteiger partial charge in [0.15, 0.2) is 11.5 Å². The van der Waals surface area contributed by atoms with E-state index in [0.717, 1.165) is 12.8 Å². The van der Waals surface area contributed by atoms with Gasteiger partial charge < -0.3 is 14.2 Å². The van der Waals surface area contributed by atoms with E-state index < -0.39 is 0 Å². The van der Waals surface area contributed by atoms with Crippen LogP contribution < -0.4 is 9.47 Å². The van der Waals surface area contributed by atoms with Crippen molar-refractivity contribution < 1.29 is 19.0 Å². The van der Waals surface area contributed by atoms with Gasteiger partial charge in [-0.3, -0.25) is 4.90 Å². The van der Waals surface area contributed by atoms with Gasteiger partial charge in [-0.2, -0.15) is 0 Å². The first-order chi connectivity index (χ1) is 14.7. The molecule has 6 heteroatoms. The van der Waals surface area contributed by atoms with Crippen molar-refractivity contribution in [2.45, 2.75) is 95.7 Å². The first kappa shape index (κ1) is 26.0. The van der Waals surface area contributed by atoms with Crippen molar-refractivity contribution in [2.75, 3.05) is 20.8 Å². The fourth-order valence-electron chi connectivity index (χ4n) is 5.12. The Labute approximate surface area is 198 Å². The van der Waals surface area contributed by atoms with Crippen LogP contribution >= 0.6 is 17.0 Å². The fraction of sp³-hybridized carbons (Fsp3) is 0.720. The van der Waals surface area contributed by atoms with E-state index in [2.05, 4.69) is 11.8 Å². The molecular weight excluding hydrogens is 458 g/mol. The summed E-state index contributed by atoms with van der Waals surface area (Å²) in [6, 6.07) is 6.35. The zero-order chi connectivity index (χ0) is 21.3. The summed E-state index contributed by atoms with van der Waals surface area (Å²) in [6.07, 6.45) is 13.9. The molecule has 0 N–H and O–H groups in total. The van der Waals surface area contributed by atoms with E-state index in [4.69, 9.17) is 14.2 Å². The van der Waals surface area contributed by atoms with Gasteiger partial charge in [0.05, 0.1) is 19.8 Å². The standard InChI is InChI=1S/C25H39NO4.BrH/c1-4-5-6-7-8-9-10-15-26-20-12-13-21(26)18-22(17-20)30-25(27)19-11-14-23(28-2)24(16-19)29-3;/h11,14,16,20-22H,4-10,12-13,15,17-18H2,1-3H3;1H/t20-,21+,22?;. The van der Waals surface area contributed by atoms with Crippen LogP contribution in [0.4, 0.5) is 0 Å². The number of hydrogen-bond donors (Lipinski definition) is 0. The lowest BCUT2D eigenvalue weighted by atomic mass is 9.98. The van der Waals surface area contributed by atoms with E-state index in [9.17, 15) is 4.79 Å². The summed E-state index contributed by atoms with van der Waals surface area (Å²) in [5, 5.41) is 0. The summed E-state index contributed by atoms with van der Waals surface area (Å²) in [5.41, 5.74) is 0.519. The predicted octanol–water partition coefficient (Wildman–Crippen LogP) is 6.18. The molecule has 2 aliphatic rings. The molecule has 3 atom stereocenters. The van der Waals surface area contributed by atoms with E-state index in [1.54, 1.807) is 32.4 Å². The quantitative estimate of drug-likeness (QED) is 0.254. The summed E-state index contributed by atoms with van der Waals surface area (Å²) >= 11 is 0. The molecule has 0 aromatic heterocycles. The van der Waals surface area contributed by atoms with Crippen LogP contribution in [0.15, 0.2) is 18.2 Å². The number of ether oxygens (including phenoxy) is 3. The Bertz CT molecular complexity index is 669. The van der Waals surface area contributed by atoms with Crippen molar-refractivity contribution in [2.24, 2.45) is 0 Å². The molecule has 176 valence electrons. The molecule has 0 radical (unpaired) electrons. The van der Waals surface area contributed by atoms with Gasteiger partial charge in [0.2, 0.25) is 0 Å². The molecule has 31 heavy (non-hydrogen) atoms. The highest BCUT2D eigenvalue weighted by Gasteiger charge is 2.41. The second kappa shape index (κ2) is 13.3. The minimum absolute atomic E-state index is 0. The normalized spacial score (nSPS) is 22.6. The van der Waals surface area contributed by atoms with Crippen LogP contribution in [0.1, 0.15) is 87.9 Å². The highest BCUT2D eigenvalue weighted by Crippen LogP contribution is 2.37. The van der Waals surface area contributed by atoms with Gasteiger partial charge in [-0.15, -0.1) is 17.0 Å². The minimum atomic E-state index is -0.263. The largest absolute Gasteiger partial charge is 0.493 e. The minimum Gasteiger partial charge on any atom is -0.493 e. The molecule has 2 heterocycles. The average molecular weight is 499 g/mol. The van der Waals surface area contributed by atoms with Gasteiger partial charge in [-0.25, -0.2) is 4.79 Å². The van der Waals surface area contributed by atoms with E-state index in [1.807, 2.05) is 0 Å². The van der Waals surface area contributed by atoms with Gasteiger partial charge in [0.25, 0.3) is 0 Å². The molecule has 2 fully saturated rings. The number of rotatable bonds is 12. The molecule has 3 rings (SSSR count). The zero-order valence-electron chi connectivity index (χ0n) is 19.4. The Morgan fingerprint density at radius 1 is 0.935 bits per heavy atom. The maximum atomic E-state index is 12.7. The number of fused-ring (bicyclic) bond motifs is 2. The molecule has 2 aliphatic heterocycles. The maximum Gasteiger partial charge on any atom is 0.338 e.